The summed E-state index contributed by atoms with van der Waals surface area (Å²) in [6.07, 6.45) is 0.892. The van der Waals surface area contributed by atoms with E-state index in [0.717, 1.165) is 6.07 Å². The summed E-state index contributed by atoms with van der Waals surface area (Å²) in [4.78, 5) is 11.6. The molecule has 0 fully saturated rings. The lowest BCUT2D eigenvalue weighted by molar-refractivity contribution is 0.0950. The molecule has 0 aliphatic carbocycles. The molecule has 1 aromatic rings. The van der Waals surface area contributed by atoms with E-state index in [2.05, 4.69) is 5.32 Å². The Morgan fingerprint density at radius 2 is 2.29 bits per heavy atom. The standard InChI is InChI=1S/C12H17FN2O2/c1-8(16)3-2-6-15-12(17)10-7-9(13)4-5-11(10)14/h4-5,7-8,16H,2-3,6,14H2,1H3,(H,15,17). The maximum atomic E-state index is 12.9. The number of hydrogen-bond acceptors (Lipinski definition) is 3. The molecule has 94 valence electrons. The molecule has 4 N–H and O–H groups in total. The van der Waals surface area contributed by atoms with Crippen LogP contribution in [0.25, 0.3) is 0 Å². The van der Waals surface area contributed by atoms with Crippen molar-refractivity contribution in [2.24, 2.45) is 0 Å². The van der Waals surface area contributed by atoms with Crippen molar-refractivity contribution in [2.45, 2.75) is 25.9 Å². The van der Waals surface area contributed by atoms with Crippen LogP contribution in [0.4, 0.5) is 10.1 Å². The second-order valence-electron chi connectivity index (χ2n) is 3.98. The zero-order valence-electron chi connectivity index (χ0n) is 9.74. The Kier molecular flexibility index (Phi) is 4.90. The van der Waals surface area contributed by atoms with Crippen LogP contribution >= 0.6 is 0 Å². The molecule has 1 atom stereocenters. The average Bonchev–Trinajstić information content (AvgIpc) is 2.27. The van der Waals surface area contributed by atoms with E-state index in [0.29, 0.717) is 19.4 Å². The first-order valence-electron chi connectivity index (χ1n) is 5.52. The number of anilines is 1. The predicted molar refractivity (Wildman–Crippen MR) is 64.1 cm³/mol. The van der Waals surface area contributed by atoms with Gasteiger partial charge in [-0.3, -0.25) is 4.79 Å². The van der Waals surface area contributed by atoms with E-state index in [1.807, 2.05) is 0 Å². The maximum absolute atomic E-state index is 12.9. The maximum Gasteiger partial charge on any atom is 0.253 e. The summed E-state index contributed by atoms with van der Waals surface area (Å²) < 4.78 is 12.9. The van der Waals surface area contributed by atoms with Gasteiger partial charge in [-0.15, -0.1) is 0 Å². The number of rotatable bonds is 5. The highest BCUT2D eigenvalue weighted by Gasteiger charge is 2.10. The summed E-state index contributed by atoms with van der Waals surface area (Å²) in [5.74, 6) is -0.888. The first-order valence-corrected chi connectivity index (χ1v) is 5.52. The van der Waals surface area contributed by atoms with Gasteiger partial charge in [0.15, 0.2) is 0 Å². The molecule has 5 heteroatoms. The van der Waals surface area contributed by atoms with Crippen molar-refractivity contribution < 1.29 is 14.3 Å². The van der Waals surface area contributed by atoms with E-state index in [1.54, 1.807) is 6.92 Å². The fourth-order valence-corrected chi connectivity index (χ4v) is 1.42. The van der Waals surface area contributed by atoms with Crippen LogP contribution in [0.5, 0.6) is 0 Å². The fourth-order valence-electron chi connectivity index (χ4n) is 1.42. The Morgan fingerprint density at radius 3 is 2.94 bits per heavy atom. The van der Waals surface area contributed by atoms with Crippen LogP contribution in [-0.4, -0.2) is 23.7 Å². The minimum Gasteiger partial charge on any atom is -0.398 e. The summed E-state index contributed by atoms with van der Waals surface area (Å²) in [6, 6.07) is 3.68. The molecule has 17 heavy (non-hydrogen) atoms. The van der Waals surface area contributed by atoms with Gasteiger partial charge in [0.1, 0.15) is 5.82 Å². The number of nitrogens with one attached hydrogen (secondary N) is 1. The van der Waals surface area contributed by atoms with Gasteiger partial charge in [-0.2, -0.15) is 0 Å². The molecule has 0 spiro atoms. The molecule has 0 saturated heterocycles. The van der Waals surface area contributed by atoms with Crippen LogP contribution in [0.15, 0.2) is 18.2 Å². The van der Waals surface area contributed by atoms with Gasteiger partial charge in [0.25, 0.3) is 5.91 Å². The van der Waals surface area contributed by atoms with E-state index < -0.39 is 11.7 Å². The first kappa shape index (κ1) is 13.4. The van der Waals surface area contributed by atoms with Crippen LogP contribution < -0.4 is 11.1 Å². The van der Waals surface area contributed by atoms with Crippen molar-refractivity contribution in [3.8, 4) is 0 Å². The van der Waals surface area contributed by atoms with Gasteiger partial charge in [-0.25, -0.2) is 4.39 Å². The van der Waals surface area contributed by atoms with Crippen molar-refractivity contribution in [1.29, 1.82) is 0 Å². The number of benzene rings is 1. The van der Waals surface area contributed by atoms with Gasteiger partial charge in [0, 0.05) is 12.2 Å². The van der Waals surface area contributed by atoms with Crippen LogP contribution in [0.2, 0.25) is 0 Å². The number of nitrogens with two attached hydrogens (primary N) is 1. The van der Waals surface area contributed by atoms with E-state index >= 15 is 0 Å². The molecule has 0 radical (unpaired) electrons. The molecule has 0 saturated carbocycles. The topological polar surface area (TPSA) is 75.3 Å². The first-order chi connectivity index (χ1) is 8.00. The number of amides is 1. The number of hydrogen-bond donors (Lipinski definition) is 3. The molecule has 0 aliphatic heterocycles. The Hall–Kier alpha value is -1.62. The third kappa shape index (κ3) is 4.40. The summed E-state index contributed by atoms with van der Waals surface area (Å²) in [5, 5.41) is 11.7. The van der Waals surface area contributed by atoms with Gasteiger partial charge in [-0.1, -0.05) is 0 Å². The second kappa shape index (κ2) is 6.20. The number of aliphatic hydroxyl groups is 1. The molecule has 4 nitrogen and oxygen atoms in total. The van der Waals surface area contributed by atoms with Gasteiger partial charge in [-0.05, 0) is 38.0 Å². The molecule has 0 heterocycles. The number of halogens is 1. The molecule has 0 bridgehead atoms. The van der Waals surface area contributed by atoms with Crippen molar-refractivity contribution in [3.05, 3.63) is 29.6 Å². The molecular weight excluding hydrogens is 223 g/mol. The number of carbonyl (C=O) groups is 1. The number of aliphatic hydroxyl groups excluding tert-OH is 1. The molecule has 1 unspecified atom stereocenters. The van der Waals surface area contributed by atoms with Crippen molar-refractivity contribution >= 4 is 11.6 Å². The van der Waals surface area contributed by atoms with Crippen LogP contribution in [0.1, 0.15) is 30.1 Å². The smallest absolute Gasteiger partial charge is 0.253 e. The van der Waals surface area contributed by atoms with Crippen molar-refractivity contribution in [2.75, 3.05) is 12.3 Å². The largest absolute Gasteiger partial charge is 0.398 e. The molecular formula is C12H17FN2O2. The monoisotopic (exact) mass is 240 g/mol. The molecule has 0 aromatic heterocycles. The Balaban J connectivity index is 2.49. The zero-order valence-corrected chi connectivity index (χ0v) is 9.74. The minimum absolute atomic E-state index is 0.141. The van der Waals surface area contributed by atoms with E-state index in [4.69, 9.17) is 10.8 Å². The zero-order chi connectivity index (χ0) is 12.8. The second-order valence-corrected chi connectivity index (χ2v) is 3.98. The summed E-state index contributed by atoms with van der Waals surface area (Å²) in [5.41, 5.74) is 5.97. The predicted octanol–water partition coefficient (Wildman–Crippen LogP) is 1.30. The summed E-state index contributed by atoms with van der Waals surface area (Å²) in [7, 11) is 0. The fraction of sp³-hybridized carbons (Fsp3) is 0.417. The molecule has 0 aliphatic rings. The van der Waals surface area contributed by atoms with E-state index in [1.165, 1.54) is 12.1 Å². The average molecular weight is 240 g/mol. The van der Waals surface area contributed by atoms with Gasteiger partial charge >= 0.3 is 0 Å². The highest BCUT2D eigenvalue weighted by Crippen LogP contribution is 2.12. The SMILES string of the molecule is CC(O)CCCNC(=O)c1cc(F)ccc1N. The Labute approximate surface area is 99.6 Å². The van der Waals surface area contributed by atoms with E-state index in [-0.39, 0.29) is 17.4 Å². The highest BCUT2D eigenvalue weighted by molar-refractivity contribution is 5.99. The number of nitrogen functional groups attached to an aromatic ring is 1. The van der Waals surface area contributed by atoms with Crippen LogP contribution in [-0.2, 0) is 0 Å². The highest BCUT2D eigenvalue weighted by atomic mass is 19.1. The van der Waals surface area contributed by atoms with Crippen molar-refractivity contribution in [1.82, 2.24) is 5.32 Å². The molecule has 1 rings (SSSR count). The molecule has 1 amide bonds. The lowest BCUT2D eigenvalue weighted by atomic mass is 10.1. The third-order valence-electron chi connectivity index (χ3n) is 2.34. The van der Waals surface area contributed by atoms with Crippen LogP contribution in [0, 0.1) is 5.82 Å². The normalized spacial score (nSPS) is 12.2. The Bertz CT molecular complexity index is 394. The lowest BCUT2D eigenvalue weighted by Gasteiger charge is -2.08. The summed E-state index contributed by atoms with van der Waals surface area (Å²) in [6.45, 7) is 2.12. The van der Waals surface area contributed by atoms with Gasteiger partial charge < -0.3 is 16.2 Å². The van der Waals surface area contributed by atoms with Gasteiger partial charge in [0.05, 0.1) is 11.7 Å². The quantitative estimate of drug-likeness (QED) is 0.536. The van der Waals surface area contributed by atoms with E-state index in [9.17, 15) is 9.18 Å². The third-order valence-corrected chi connectivity index (χ3v) is 2.34. The lowest BCUT2D eigenvalue weighted by Crippen LogP contribution is -2.26. The molecule has 1 aromatic carbocycles. The van der Waals surface area contributed by atoms with Crippen LogP contribution in [0.3, 0.4) is 0 Å². The summed E-state index contributed by atoms with van der Waals surface area (Å²) >= 11 is 0. The number of carbonyl (C=O) groups excluding carboxylic acids is 1. The Morgan fingerprint density at radius 1 is 1.59 bits per heavy atom. The van der Waals surface area contributed by atoms with Gasteiger partial charge in [0.2, 0.25) is 0 Å². The minimum atomic E-state index is -0.492. The van der Waals surface area contributed by atoms with Crippen molar-refractivity contribution in [3.63, 3.8) is 0 Å².